The lowest BCUT2D eigenvalue weighted by molar-refractivity contribution is 0.101. The zero-order chi connectivity index (χ0) is 17.2. The van der Waals surface area contributed by atoms with E-state index in [0.29, 0.717) is 41.1 Å². The number of hydrogen-bond donors (Lipinski definition) is 1. The van der Waals surface area contributed by atoms with Gasteiger partial charge in [0.25, 0.3) is 5.91 Å². The van der Waals surface area contributed by atoms with Gasteiger partial charge in [-0.3, -0.25) is 4.79 Å². The van der Waals surface area contributed by atoms with Crippen LogP contribution in [-0.4, -0.2) is 28.9 Å². The third-order valence-corrected chi connectivity index (χ3v) is 4.06. The van der Waals surface area contributed by atoms with Gasteiger partial charge in [0, 0.05) is 12.3 Å². The van der Waals surface area contributed by atoms with Crippen LogP contribution >= 0.6 is 11.6 Å². The molecule has 1 aliphatic rings. The minimum absolute atomic E-state index is 0.313. The second-order valence-electron chi connectivity index (χ2n) is 5.38. The molecule has 0 unspecified atom stereocenters. The molecule has 0 bridgehead atoms. The number of amides is 1. The van der Waals surface area contributed by atoms with Gasteiger partial charge in [-0.1, -0.05) is 29.8 Å². The molecule has 0 spiro atoms. The highest BCUT2D eigenvalue weighted by Gasteiger charge is 2.21. The second-order valence-corrected chi connectivity index (χ2v) is 5.79. The monoisotopic (exact) mass is 355 g/mol. The number of para-hydroxylation sites is 2. The zero-order valence-corrected chi connectivity index (χ0v) is 13.9. The standard InChI is InChI=1S/C18H14ClN3O3/c19-13-5-1-2-6-14(13)22-9-8-16(21-22)20-18(23)12-4-3-7-15-17(12)25-11-10-24-15/h1-9H,10-11H2,(H,20,21,23). The van der Waals surface area contributed by atoms with Crippen LogP contribution in [0.15, 0.2) is 54.7 Å². The van der Waals surface area contributed by atoms with E-state index < -0.39 is 0 Å². The van der Waals surface area contributed by atoms with Crippen molar-refractivity contribution in [3.05, 3.63) is 65.3 Å². The molecule has 25 heavy (non-hydrogen) atoms. The Morgan fingerprint density at radius 3 is 2.80 bits per heavy atom. The molecule has 4 rings (SSSR count). The third-order valence-electron chi connectivity index (χ3n) is 3.74. The van der Waals surface area contributed by atoms with E-state index in [1.54, 1.807) is 41.2 Å². The highest BCUT2D eigenvalue weighted by atomic mass is 35.5. The first-order chi connectivity index (χ1) is 12.2. The Labute approximate surface area is 148 Å². The fraction of sp³-hybridized carbons (Fsp3) is 0.111. The van der Waals surface area contributed by atoms with Crippen LogP contribution in [0.5, 0.6) is 11.5 Å². The number of ether oxygens (including phenoxy) is 2. The van der Waals surface area contributed by atoms with Crippen LogP contribution in [0.4, 0.5) is 5.82 Å². The molecule has 1 aromatic heterocycles. The van der Waals surface area contributed by atoms with Crippen molar-refractivity contribution in [1.29, 1.82) is 0 Å². The molecule has 6 nitrogen and oxygen atoms in total. The molecule has 0 saturated carbocycles. The molecule has 2 aromatic carbocycles. The van der Waals surface area contributed by atoms with Crippen molar-refractivity contribution in [2.75, 3.05) is 18.5 Å². The van der Waals surface area contributed by atoms with E-state index in [0.717, 1.165) is 5.69 Å². The number of benzene rings is 2. The van der Waals surface area contributed by atoms with E-state index in [1.165, 1.54) is 0 Å². The Hall–Kier alpha value is -2.99. The van der Waals surface area contributed by atoms with Gasteiger partial charge in [-0.2, -0.15) is 0 Å². The molecule has 0 fully saturated rings. The second kappa shape index (κ2) is 6.49. The van der Waals surface area contributed by atoms with Crippen molar-refractivity contribution < 1.29 is 14.3 Å². The van der Waals surface area contributed by atoms with Gasteiger partial charge < -0.3 is 14.8 Å². The lowest BCUT2D eigenvalue weighted by Crippen LogP contribution is -2.20. The number of rotatable bonds is 3. The largest absolute Gasteiger partial charge is 0.486 e. The predicted molar refractivity (Wildman–Crippen MR) is 94.0 cm³/mol. The molecule has 0 atom stereocenters. The first-order valence-corrected chi connectivity index (χ1v) is 8.11. The van der Waals surface area contributed by atoms with Crippen molar-refractivity contribution in [1.82, 2.24) is 9.78 Å². The van der Waals surface area contributed by atoms with Crippen molar-refractivity contribution in [3.8, 4) is 17.2 Å². The van der Waals surface area contributed by atoms with Crippen LogP contribution < -0.4 is 14.8 Å². The Bertz CT molecular complexity index is 939. The molecule has 1 amide bonds. The normalized spacial score (nSPS) is 12.7. The summed E-state index contributed by atoms with van der Waals surface area (Å²) in [6.07, 6.45) is 1.73. The summed E-state index contributed by atoms with van der Waals surface area (Å²) in [5.74, 6) is 1.13. The highest BCUT2D eigenvalue weighted by Crippen LogP contribution is 2.33. The first-order valence-electron chi connectivity index (χ1n) is 7.73. The third kappa shape index (κ3) is 3.04. The Morgan fingerprint density at radius 1 is 1.08 bits per heavy atom. The number of hydrogen-bond acceptors (Lipinski definition) is 4. The van der Waals surface area contributed by atoms with E-state index in [9.17, 15) is 4.79 Å². The van der Waals surface area contributed by atoms with Crippen LogP contribution in [0.25, 0.3) is 5.69 Å². The fourth-order valence-corrected chi connectivity index (χ4v) is 2.82. The van der Waals surface area contributed by atoms with E-state index >= 15 is 0 Å². The van der Waals surface area contributed by atoms with Crippen molar-refractivity contribution in [2.24, 2.45) is 0 Å². The summed E-state index contributed by atoms with van der Waals surface area (Å²) in [6, 6.07) is 14.3. The zero-order valence-electron chi connectivity index (χ0n) is 13.1. The molecule has 126 valence electrons. The maximum atomic E-state index is 12.6. The van der Waals surface area contributed by atoms with Crippen LogP contribution in [0.2, 0.25) is 5.02 Å². The van der Waals surface area contributed by atoms with Gasteiger partial charge in [0.1, 0.15) is 13.2 Å². The lowest BCUT2D eigenvalue weighted by Gasteiger charge is -2.20. The van der Waals surface area contributed by atoms with Gasteiger partial charge in [0.15, 0.2) is 17.3 Å². The summed E-state index contributed by atoms with van der Waals surface area (Å²) in [5.41, 5.74) is 1.14. The molecular weight excluding hydrogens is 342 g/mol. The number of carbonyl (C=O) groups is 1. The number of carbonyl (C=O) groups excluding carboxylic acids is 1. The summed E-state index contributed by atoms with van der Waals surface area (Å²) in [6.45, 7) is 0.888. The summed E-state index contributed by atoms with van der Waals surface area (Å²) in [7, 11) is 0. The summed E-state index contributed by atoms with van der Waals surface area (Å²) >= 11 is 6.17. The summed E-state index contributed by atoms with van der Waals surface area (Å²) in [4.78, 5) is 12.6. The molecule has 1 aliphatic heterocycles. The van der Waals surface area contributed by atoms with Crippen molar-refractivity contribution in [3.63, 3.8) is 0 Å². The molecule has 1 N–H and O–H groups in total. The summed E-state index contributed by atoms with van der Waals surface area (Å²) < 4.78 is 12.7. The maximum absolute atomic E-state index is 12.6. The van der Waals surface area contributed by atoms with E-state index in [2.05, 4.69) is 10.4 Å². The molecule has 0 saturated heterocycles. The van der Waals surface area contributed by atoms with Gasteiger partial charge in [0.05, 0.1) is 16.3 Å². The molecule has 7 heteroatoms. The number of anilines is 1. The Balaban J connectivity index is 1.58. The molecule has 2 heterocycles. The van der Waals surface area contributed by atoms with Gasteiger partial charge in [0.2, 0.25) is 0 Å². The van der Waals surface area contributed by atoms with Gasteiger partial charge in [-0.25, -0.2) is 4.68 Å². The topological polar surface area (TPSA) is 65.4 Å². The van der Waals surface area contributed by atoms with Crippen molar-refractivity contribution in [2.45, 2.75) is 0 Å². The van der Waals surface area contributed by atoms with Crippen molar-refractivity contribution >= 4 is 23.3 Å². The average molecular weight is 356 g/mol. The van der Waals surface area contributed by atoms with Gasteiger partial charge in [-0.05, 0) is 24.3 Å². The highest BCUT2D eigenvalue weighted by molar-refractivity contribution is 6.32. The van der Waals surface area contributed by atoms with E-state index in [4.69, 9.17) is 21.1 Å². The van der Waals surface area contributed by atoms with Crippen LogP contribution in [0.1, 0.15) is 10.4 Å². The number of nitrogens with one attached hydrogen (secondary N) is 1. The summed E-state index contributed by atoms with van der Waals surface area (Å²) in [5, 5.41) is 7.69. The number of halogens is 1. The minimum Gasteiger partial charge on any atom is -0.486 e. The smallest absolute Gasteiger partial charge is 0.260 e. The maximum Gasteiger partial charge on any atom is 0.260 e. The fourth-order valence-electron chi connectivity index (χ4n) is 2.60. The van der Waals surface area contributed by atoms with Crippen LogP contribution in [0, 0.1) is 0 Å². The number of nitrogens with zero attached hydrogens (tertiary/aromatic N) is 2. The van der Waals surface area contributed by atoms with Gasteiger partial charge >= 0.3 is 0 Å². The average Bonchev–Trinajstić information content (AvgIpc) is 3.09. The van der Waals surface area contributed by atoms with E-state index in [1.807, 2.05) is 18.2 Å². The molecular formula is C18H14ClN3O3. The SMILES string of the molecule is O=C(Nc1ccn(-c2ccccc2Cl)n1)c1cccc2c1OCCO2. The molecule has 0 radical (unpaired) electrons. The molecule has 3 aromatic rings. The number of fused-ring (bicyclic) bond motifs is 1. The van der Waals surface area contributed by atoms with Crippen LogP contribution in [-0.2, 0) is 0 Å². The quantitative estimate of drug-likeness (QED) is 0.780. The number of aromatic nitrogens is 2. The Kier molecular flexibility index (Phi) is 4.03. The van der Waals surface area contributed by atoms with Gasteiger partial charge in [-0.15, -0.1) is 5.10 Å². The Morgan fingerprint density at radius 2 is 1.92 bits per heavy atom. The first kappa shape index (κ1) is 15.5. The minimum atomic E-state index is -0.313. The van der Waals surface area contributed by atoms with Crippen LogP contribution in [0.3, 0.4) is 0 Å². The molecule has 0 aliphatic carbocycles. The van der Waals surface area contributed by atoms with E-state index in [-0.39, 0.29) is 5.91 Å². The lowest BCUT2D eigenvalue weighted by atomic mass is 10.1. The predicted octanol–water partition coefficient (Wildman–Crippen LogP) is 3.55.